The molecule has 2 atom stereocenters. The van der Waals surface area contributed by atoms with E-state index in [0.29, 0.717) is 12.4 Å². The Morgan fingerprint density at radius 2 is 1.70 bits per heavy atom. The third kappa shape index (κ3) is 6.57. The highest BCUT2D eigenvalue weighted by atomic mass is 16.5. The number of aldehydes is 1. The Bertz CT molecular complexity index is 1170. The van der Waals surface area contributed by atoms with Crippen LogP contribution in [0, 0.1) is 0 Å². The first-order valence-corrected chi connectivity index (χ1v) is 13.1. The average molecular weight is 501 g/mol. The zero-order chi connectivity index (χ0) is 26.0. The fourth-order valence-electron chi connectivity index (χ4n) is 4.99. The number of hydrogen-bond acceptors (Lipinski definition) is 6. The minimum Gasteiger partial charge on any atom is -0.494 e. The Kier molecular flexibility index (Phi) is 9.33. The Morgan fingerprint density at radius 3 is 2.41 bits per heavy atom. The van der Waals surface area contributed by atoms with Crippen LogP contribution in [-0.4, -0.2) is 39.1 Å². The maximum atomic E-state index is 12.5. The molecule has 1 saturated heterocycles. The number of piperidine rings is 1. The molecule has 2 unspecified atom stereocenters. The summed E-state index contributed by atoms with van der Waals surface area (Å²) < 4.78 is 10.7. The SMILES string of the molecule is CCOc1cc(C(C=O)NC(c2ccccc2)c2ccccc2N2CCCCC2)ccc1CC(=O)OC. The number of carbonyl (C=O) groups excluding carboxylic acids is 2. The molecule has 37 heavy (non-hydrogen) atoms. The van der Waals surface area contributed by atoms with Gasteiger partial charge in [-0.05, 0) is 55.0 Å². The highest BCUT2D eigenvalue weighted by Crippen LogP contribution is 2.34. The third-order valence-corrected chi connectivity index (χ3v) is 6.87. The lowest BCUT2D eigenvalue weighted by atomic mass is 9.93. The number of methoxy groups -OCH3 is 1. The van der Waals surface area contributed by atoms with Crippen LogP contribution in [0.5, 0.6) is 5.75 Å². The summed E-state index contributed by atoms with van der Waals surface area (Å²) in [7, 11) is 1.37. The molecule has 6 heteroatoms. The number of benzene rings is 3. The van der Waals surface area contributed by atoms with Crippen LogP contribution in [0.2, 0.25) is 0 Å². The van der Waals surface area contributed by atoms with E-state index in [-0.39, 0.29) is 18.4 Å². The molecule has 4 rings (SSSR count). The maximum absolute atomic E-state index is 12.5. The second-order valence-corrected chi connectivity index (χ2v) is 9.28. The van der Waals surface area contributed by atoms with E-state index in [9.17, 15) is 9.59 Å². The molecule has 194 valence electrons. The van der Waals surface area contributed by atoms with Crippen LogP contribution >= 0.6 is 0 Å². The largest absolute Gasteiger partial charge is 0.494 e. The molecular formula is C31H36N2O4. The number of nitrogens with zero attached hydrogens (tertiary/aromatic N) is 1. The number of nitrogens with one attached hydrogen (secondary N) is 1. The fourth-order valence-corrected chi connectivity index (χ4v) is 4.99. The number of para-hydroxylation sites is 1. The van der Waals surface area contributed by atoms with Gasteiger partial charge in [0.05, 0.1) is 32.2 Å². The summed E-state index contributed by atoms with van der Waals surface area (Å²) in [4.78, 5) is 26.8. The molecule has 1 heterocycles. The van der Waals surface area contributed by atoms with Gasteiger partial charge in [0.25, 0.3) is 0 Å². The van der Waals surface area contributed by atoms with Crippen molar-refractivity contribution in [2.45, 2.75) is 44.7 Å². The molecule has 3 aromatic rings. The maximum Gasteiger partial charge on any atom is 0.310 e. The van der Waals surface area contributed by atoms with Crippen LogP contribution in [0.3, 0.4) is 0 Å². The van der Waals surface area contributed by atoms with E-state index in [1.165, 1.54) is 32.1 Å². The van der Waals surface area contributed by atoms with Gasteiger partial charge in [-0.3, -0.25) is 10.1 Å². The van der Waals surface area contributed by atoms with E-state index < -0.39 is 6.04 Å². The lowest BCUT2D eigenvalue weighted by Gasteiger charge is -2.33. The molecule has 0 bridgehead atoms. The predicted molar refractivity (Wildman–Crippen MR) is 146 cm³/mol. The molecular weight excluding hydrogens is 464 g/mol. The van der Waals surface area contributed by atoms with Crippen molar-refractivity contribution in [1.29, 1.82) is 0 Å². The molecule has 0 aromatic heterocycles. The number of ether oxygens (including phenoxy) is 2. The predicted octanol–water partition coefficient (Wildman–Crippen LogP) is 5.41. The highest BCUT2D eigenvalue weighted by Gasteiger charge is 2.25. The standard InChI is InChI=1S/C31H36N2O4/c1-3-37-29-20-24(16-17-25(29)21-30(35)36-2)27(22-34)32-31(23-12-6-4-7-13-23)26-14-8-9-15-28(26)33-18-10-5-11-19-33/h4,6-9,12-17,20,22,27,31-32H,3,5,10-11,18-19,21H2,1-2H3. The summed E-state index contributed by atoms with van der Waals surface area (Å²) >= 11 is 0. The monoisotopic (exact) mass is 500 g/mol. The van der Waals surface area contributed by atoms with E-state index in [1.54, 1.807) is 0 Å². The van der Waals surface area contributed by atoms with E-state index in [1.807, 2.05) is 43.3 Å². The second kappa shape index (κ2) is 13.1. The molecule has 3 aromatic carbocycles. The third-order valence-electron chi connectivity index (χ3n) is 6.87. The van der Waals surface area contributed by atoms with Crippen molar-refractivity contribution < 1.29 is 19.1 Å². The Hall–Kier alpha value is -3.64. The van der Waals surface area contributed by atoms with Crippen molar-refractivity contribution in [1.82, 2.24) is 5.32 Å². The van der Waals surface area contributed by atoms with Gasteiger partial charge < -0.3 is 19.2 Å². The number of hydrogen-bond donors (Lipinski definition) is 1. The smallest absolute Gasteiger partial charge is 0.310 e. The molecule has 0 spiro atoms. The van der Waals surface area contributed by atoms with Crippen LogP contribution in [0.1, 0.15) is 60.5 Å². The first-order valence-electron chi connectivity index (χ1n) is 13.1. The van der Waals surface area contributed by atoms with Gasteiger partial charge in [-0.2, -0.15) is 0 Å². The van der Waals surface area contributed by atoms with Gasteiger partial charge in [0.1, 0.15) is 12.0 Å². The first-order chi connectivity index (χ1) is 18.1. The quantitative estimate of drug-likeness (QED) is 0.281. The normalized spacial score (nSPS) is 15.0. The van der Waals surface area contributed by atoms with Crippen LogP contribution in [0.4, 0.5) is 5.69 Å². The van der Waals surface area contributed by atoms with Crippen molar-refractivity contribution in [3.05, 3.63) is 95.1 Å². The van der Waals surface area contributed by atoms with Crippen molar-refractivity contribution in [2.75, 3.05) is 31.7 Å². The average Bonchev–Trinajstić information content (AvgIpc) is 2.96. The summed E-state index contributed by atoms with van der Waals surface area (Å²) in [6.45, 7) is 4.42. The molecule has 1 fully saturated rings. The van der Waals surface area contributed by atoms with Crippen molar-refractivity contribution >= 4 is 17.9 Å². The highest BCUT2D eigenvalue weighted by molar-refractivity contribution is 5.74. The molecule has 0 saturated carbocycles. The van der Waals surface area contributed by atoms with Crippen LogP contribution < -0.4 is 15.0 Å². The summed E-state index contributed by atoms with van der Waals surface area (Å²) in [6.07, 6.45) is 4.69. The summed E-state index contributed by atoms with van der Waals surface area (Å²) in [5.74, 6) is 0.251. The number of carbonyl (C=O) groups is 2. The van der Waals surface area contributed by atoms with Gasteiger partial charge in [0, 0.05) is 24.3 Å². The molecule has 1 aliphatic rings. The molecule has 0 aliphatic carbocycles. The topological polar surface area (TPSA) is 67.9 Å². The van der Waals surface area contributed by atoms with Gasteiger partial charge in [0.15, 0.2) is 0 Å². The minimum absolute atomic E-state index is 0.112. The van der Waals surface area contributed by atoms with Crippen LogP contribution in [0.15, 0.2) is 72.8 Å². The molecule has 0 radical (unpaired) electrons. The Labute approximate surface area is 219 Å². The van der Waals surface area contributed by atoms with Gasteiger partial charge in [0.2, 0.25) is 0 Å². The van der Waals surface area contributed by atoms with E-state index in [4.69, 9.17) is 9.47 Å². The Balaban J connectivity index is 1.70. The number of anilines is 1. The van der Waals surface area contributed by atoms with Gasteiger partial charge in [-0.15, -0.1) is 0 Å². The molecule has 6 nitrogen and oxygen atoms in total. The minimum atomic E-state index is -0.578. The fraction of sp³-hybridized carbons (Fsp3) is 0.355. The Morgan fingerprint density at radius 1 is 0.973 bits per heavy atom. The lowest BCUT2D eigenvalue weighted by Crippen LogP contribution is -2.33. The summed E-state index contributed by atoms with van der Waals surface area (Å²) in [5.41, 5.74) is 4.96. The number of rotatable bonds is 11. The molecule has 0 amide bonds. The first kappa shape index (κ1) is 26.4. The zero-order valence-corrected chi connectivity index (χ0v) is 21.7. The summed E-state index contributed by atoms with van der Waals surface area (Å²) in [6, 6.07) is 23.5. The van der Waals surface area contributed by atoms with Crippen LogP contribution in [0.25, 0.3) is 0 Å². The van der Waals surface area contributed by atoms with Gasteiger partial charge in [-0.1, -0.05) is 60.7 Å². The van der Waals surface area contributed by atoms with Crippen LogP contribution in [-0.2, 0) is 20.7 Å². The number of esters is 1. The van der Waals surface area contributed by atoms with E-state index in [2.05, 4.69) is 46.6 Å². The van der Waals surface area contributed by atoms with E-state index >= 15 is 0 Å². The lowest BCUT2D eigenvalue weighted by molar-refractivity contribution is -0.139. The van der Waals surface area contributed by atoms with Crippen molar-refractivity contribution in [3.63, 3.8) is 0 Å². The zero-order valence-electron chi connectivity index (χ0n) is 21.7. The summed E-state index contributed by atoms with van der Waals surface area (Å²) in [5, 5.41) is 3.63. The second-order valence-electron chi connectivity index (χ2n) is 9.28. The van der Waals surface area contributed by atoms with E-state index in [0.717, 1.165) is 41.6 Å². The van der Waals surface area contributed by atoms with Gasteiger partial charge >= 0.3 is 5.97 Å². The van der Waals surface area contributed by atoms with Crippen molar-refractivity contribution in [2.24, 2.45) is 0 Å². The molecule has 1 aliphatic heterocycles. The van der Waals surface area contributed by atoms with Gasteiger partial charge in [-0.25, -0.2) is 0 Å². The van der Waals surface area contributed by atoms with Crippen molar-refractivity contribution in [3.8, 4) is 5.75 Å². The molecule has 1 N–H and O–H groups in total.